The molecule has 3 aromatic rings. The maximum absolute atomic E-state index is 7.41. The van der Waals surface area contributed by atoms with E-state index in [1.165, 1.54) is 5.56 Å². The Labute approximate surface area is 163 Å². The van der Waals surface area contributed by atoms with Crippen molar-refractivity contribution in [1.29, 1.82) is 0 Å². The first-order chi connectivity index (χ1) is 13.2. The van der Waals surface area contributed by atoms with Gasteiger partial charge in [0.15, 0.2) is 0 Å². The highest BCUT2D eigenvalue weighted by molar-refractivity contribution is 6.29. The summed E-state index contributed by atoms with van der Waals surface area (Å²) >= 11 is 7.41. The average molecular weight is 375 g/mol. The second-order valence-corrected chi connectivity index (χ2v) is 8.32. The van der Waals surface area contributed by atoms with Crippen LogP contribution in [0.3, 0.4) is 0 Å². The molecule has 2 bridgehead atoms. The lowest BCUT2D eigenvalue weighted by atomic mass is 9.71. The van der Waals surface area contributed by atoms with Crippen LogP contribution in [0.15, 0.2) is 84.9 Å². The van der Waals surface area contributed by atoms with Gasteiger partial charge in [-0.2, -0.15) is 0 Å². The molecule has 0 spiro atoms. The number of methoxy groups -OCH3 is 1. The second-order valence-electron chi connectivity index (χ2n) is 7.70. The Bertz CT molecular complexity index is 1040. The van der Waals surface area contributed by atoms with Crippen molar-refractivity contribution in [3.63, 3.8) is 0 Å². The predicted molar refractivity (Wildman–Crippen MR) is 105 cm³/mol. The zero-order valence-corrected chi connectivity index (χ0v) is 15.7. The summed E-state index contributed by atoms with van der Waals surface area (Å²) in [6, 6.07) is 29.3. The maximum Gasteiger partial charge on any atom is 0.142 e. The van der Waals surface area contributed by atoms with Crippen LogP contribution in [0.2, 0.25) is 0 Å². The van der Waals surface area contributed by atoms with Gasteiger partial charge in [-0.15, -0.1) is 11.6 Å². The van der Waals surface area contributed by atoms with Gasteiger partial charge in [-0.3, -0.25) is 0 Å². The molecule has 1 saturated heterocycles. The Hall–Kier alpha value is -2.13. The molecule has 6 rings (SSSR count). The Kier molecular flexibility index (Phi) is 2.95. The molecule has 2 aliphatic heterocycles. The molecule has 2 fully saturated rings. The summed E-state index contributed by atoms with van der Waals surface area (Å²) in [4.78, 5) is -0.618. The van der Waals surface area contributed by atoms with Crippen molar-refractivity contribution >= 4 is 11.6 Å². The van der Waals surface area contributed by atoms with Crippen molar-refractivity contribution in [2.24, 2.45) is 5.92 Å². The third-order valence-electron chi connectivity index (χ3n) is 6.70. The molecular weight excluding hydrogens is 356 g/mol. The van der Waals surface area contributed by atoms with E-state index in [0.717, 1.165) is 16.7 Å². The van der Waals surface area contributed by atoms with E-state index >= 15 is 0 Å². The molecule has 0 N–H and O–H groups in total. The van der Waals surface area contributed by atoms with E-state index in [2.05, 4.69) is 72.8 Å². The summed E-state index contributed by atoms with van der Waals surface area (Å²) in [5.41, 5.74) is 3.30. The van der Waals surface area contributed by atoms with Gasteiger partial charge in [-0.25, -0.2) is 0 Å². The minimum Gasteiger partial charge on any atom is -0.379 e. The van der Waals surface area contributed by atoms with E-state index < -0.39 is 16.1 Å². The van der Waals surface area contributed by atoms with Gasteiger partial charge in [0.2, 0.25) is 0 Å². The number of rotatable bonds is 3. The van der Waals surface area contributed by atoms with Crippen molar-refractivity contribution in [3.05, 3.63) is 107 Å². The highest BCUT2D eigenvalue weighted by Crippen LogP contribution is 2.82. The van der Waals surface area contributed by atoms with Crippen LogP contribution >= 0.6 is 11.6 Å². The first-order valence-electron chi connectivity index (χ1n) is 9.34. The third kappa shape index (κ3) is 1.55. The van der Waals surface area contributed by atoms with Gasteiger partial charge in [0.1, 0.15) is 16.1 Å². The Morgan fingerprint density at radius 1 is 0.778 bits per heavy atom. The Morgan fingerprint density at radius 2 is 1.33 bits per heavy atom. The van der Waals surface area contributed by atoms with E-state index in [-0.39, 0.29) is 12.0 Å². The van der Waals surface area contributed by atoms with E-state index in [1.54, 1.807) is 7.11 Å². The summed E-state index contributed by atoms with van der Waals surface area (Å²) < 4.78 is 13.0. The summed E-state index contributed by atoms with van der Waals surface area (Å²) in [7, 11) is 1.76. The standard InChI is InChI=1S/C24H19ClO2/c1-26-21-20-22(16-10-4-2-5-11-16)18-14-8-9-15-19(18)24(27-22,23(20,21)25)17-12-6-3-7-13-17/h2-15,20-21H,1H3/t20-,21+,22-,23-,24+/m1/s1. The van der Waals surface area contributed by atoms with Crippen LogP contribution < -0.4 is 0 Å². The van der Waals surface area contributed by atoms with Crippen molar-refractivity contribution < 1.29 is 9.47 Å². The molecule has 0 unspecified atom stereocenters. The molecule has 1 aliphatic carbocycles. The van der Waals surface area contributed by atoms with Crippen LogP contribution in [0.25, 0.3) is 0 Å². The van der Waals surface area contributed by atoms with Crippen molar-refractivity contribution in [1.82, 2.24) is 0 Å². The topological polar surface area (TPSA) is 18.5 Å². The number of fused-ring (bicyclic) bond motifs is 8. The van der Waals surface area contributed by atoms with E-state index in [9.17, 15) is 0 Å². The van der Waals surface area contributed by atoms with Crippen LogP contribution in [0.4, 0.5) is 0 Å². The molecule has 1 saturated carbocycles. The molecule has 0 amide bonds. The van der Waals surface area contributed by atoms with Crippen molar-refractivity contribution in [2.45, 2.75) is 22.2 Å². The number of hydrogen-bond acceptors (Lipinski definition) is 2. The lowest BCUT2D eigenvalue weighted by molar-refractivity contribution is -0.0936. The minimum atomic E-state index is -0.715. The van der Waals surface area contributed by atoms with Crippen LogP contribution in [-0.2, 0) is 20.7 Å². The summed E-state index contributed by atoms with van der Waals surface area (Å²) in [5.74, 6) is 0.0640. The summed E-state index contributed by atoms with van der Waals surface area (Å²) in [6.45, 7) is 0. The predicted octanol–water partition coefficient (Wildman–Crippen LogP) is 4.84. The highest BCUT2D eigenvalue weighted by atomic mass is 35.5. The molecular formula is C24H19ClO2. The normalized spacial score (nSPS) is 37.7. The number of hydrogen-bond donors (Lipinski definition) is 0. The van der Waals surface area contributed by atoms with E-state index in [4.69, 9.17) is 21.1 Å². The average Bonchev–Trinajstić information content (AvgIpc) is 3.14. The van der Waals surface area contributed by atoms with Gasteiger partial charge in [-0.05, 0) is 22.3 Å². The molecule has 3 aromatic carbocycles. The third-order valence-corrected chi connectivity index (χ3v) is 7.41. The molecule has 5 atom stereocenters. The highest BCUT2D eigenvalue weighted by Gasteiger charge is 2.91. The monoisotopic (exact) mass is 374 g/mol. The van der Waals surface area contributed by atoms with E-state index in [1.807, 2.05) is 12.1 Å². The van der Waals surface area contributed by atoms with Gasteiger partial charge in [0.25, 0.3) is 0 Å². The van der Waals surface area contributed by atoms with Crippen molar-refractivity contribution in [3.8, 4) is 0 Å². The fourth-order valence-corrected chi connectivity index (χ4v) is 6.40. The second kappa shape index (κ2) is 5.02. The zero-order chi connectivity index (χ0) is 18.3. The van der Waals surface area contributed by atoms with Crippen LogP contribution in [0, 0.1) is 5.92 Å². The van der Waals surface area contributed by atoms with Gasteiger partial charge in [-0.1, -0.05) is 84.9 Å². The molecule has 3 heteroatoms. The molecule has 27 heavy (non-hydrogen) atoms. The van der Waals surface area contributed by atoms with Crippen LogP contribution in [0.1, 0.15) is 22.3 Å². The van der Waals surface area contributed by atoms with Gasteiger partial charge in [0.05, 0.1) is 6.10 Å². The lowest BCUT2D eigenvalue weighted by Crippen LogP contribution is -2.40. The minimum absolute atomic E-state index is 0.0640. The Balaban J connectivity index is 1.72. The first kappa shape index (κ1) is 15.9. The number of benzene rings is 3. The summed E-state index contributed by atoms with van der Waals surface area (Å²) in [5, 5.41) is 0. The lowest BCUT2D eigenvalue weighted by Gasteiger charge is -2.34. The van der Waals surface area contributed by atoms with E-state index in [0.29, 0.717) is 0 Å². The first-order valence-corrected chi connectivity index (χ1v) is 9.72. The fraction of sp³-hybridized carbons (Fsp3) is 0.250. The Morgan fingerprint density at radius 3 is 1.96 bits per heavy atom. The number of ether oxygens (including phenoxy) is 2. The maximum atomic E-state index is 7.41. The van der Waals surface area contributed by atoms with Gasteiger partial charge in [0, 0.05) is 13.0 Å². The van der Waals surface area contributed by atoms with Crippen LogP contribution in [-0.4, -0.2) is 18.1 Å². The molecule has 3 aliphatic rings. The number of alkyl halides is 1. The van der Waals surface area contributed by atoms with Gasteiger partial charge >= 0.3 is 0 Å². The SMILES string of the molecule is CO[C@H]1[C@@H]2[C@]3(c4ccccc4)O[C@@](c4ccccc4)(c4ccccc43)[C@@]21Cl. The van der Waals surface area contributed by atoms with Crippen molar-refractivity contribution in [2.75, 3.05) is 7.11 Å². The van der Waals surface area contributed by atoms with Gasteiger partial charge < -0.3 is 9.47 Å². The molecule has 0 radical (unpaired) electrons. The molecule has 0 aromatic heterocycles. The molecule has 2 heterocycles. The largest absolute Gasteiger partial charge is 0.379 e. The zero-order valence-electron chi connectivity index (χ0n) is 14.9. The molecule has 2 nitrogen and oxygen atoms in total. The smallest absolute Gasteiger partial charge is 0.142 e. The molecule has 134 valence electrons. The fourth-order valence-electron chi connectivity index (χ4n) is 5.73. The number of halogens is 1. The summed E-state index contributed by atoms with van der Waals surface area (Å²) in [6.07, 6.45) is -0.0688. The van der Waals surface area contributed by atoms with Crippen LogP contribution in [0.5, 0.6) is 0 Å². The quantitative estimate of drug-likeness (QED) is 0.611.